The molecule has 1 N–H and O–H groups in total. The number of nitrogens with zero attached hydrogens (tertiary/aromatic N) is 1. The highest BCUT2D eigenvalue weighted by Crippen LogP contribution is 2.31. The topological polar surface area (TPSA) is 24.4 Å². The van der Waals surface area contributed by atoms with Crippen LogP contribution in [0.5, 0.6) is 0 Å². The average molecular weight is 275 g/mol. The van der Waals surface area contributed by atoms with E-state index in [1.165, 1.54) is 0 Å². The summed E-state index contributed by atoms with van der Waals surface area (Å²) in [6.07, 6.45) is 0. The zero-order valence-electron chi connectivity index (χ0n) is 9.05. The molecule has 1 aromatic carbocycles. The van der Waals surface area contributed by atoms with Gasteiger partial charge < -0.3 is 5.32 Å². The van der Waals surface area contributed by atoms with Crippen LogP contribution >= 0.6 is 35.0 Å². The Morgan fingerprint density at radius 2 is 2.12 bits per heavy atom. The molecule has 2 nitrogen and oxygen atoms in total. The molecule has 0 fully saturated rings. The number of amidine groups is 1. The Balaban J connectivity index is 2.19. The SMILES string of the molecule is CC1(C)CSC(Nc2cc(Cl)ccc2Cl)=N1. The van der Waals surface area contributed by atoms with Crippen molar-refractivity contribution in [3.8, 4) is 0 Å². The predicted octanol–water partition coefficient (Wildman–Crippen LogP) is 4.29. The largest absolute Gasteiger partial charge is 0.334 e. The Bertz CT molecular complexity index is 444. The molecule has 86 valence electrons. The van der Waals surface area contributed by atoms with Gasteiger partial charge in [-0.05, 0) is 32.0 Å². The molecule has 2 rings (SSSR count). The molecular weight excluding hydrogens is 263 g/mol. The monoisotopic (exact) mass is 274 g/mol. The van der Waals surface area contributed by atoms with Crippen molar-refractivity contribution in [1.29, 1.82) is 0 Å². The van der Waals surface area contributed by atoms with Gasteiger partial charge in [0.25, 0.3) is 0 Å². The quantitative estimate of drug-likeness (QED) is 0.827. The lowest BCUT2D eigenvalue weighted by atomic mass is 10.1. The summed E-state index contributed by atoms with van der Waals surface area (Å²) in [4.78, 5) is 4.55. The summed E-state index contributed by atoms with van der Waals surface area (Å²) in [5, 5.41) is 5.41. The van der Waals surface area contributed by atoms with Crippen LogP contribution in [0.15, 0.2) is 23.2 Å². The third kappa shape index (κ3) is 2.84. The van der Waals surface area contributed by atoms with Gasteiger partial charge in [-0.25, -0.2) is 0 Å². The lowest BCUT2D eigenvalue weighted by Crippen LogP contribution is -2.15. The van der Waals surface area contributed by atoms with E-state index < -0.39 is 0 Å². The van der Waals surface area contributed by atoms with Crippen molar-refractivity contribution in [2.24, 2.45) is 4.99 Å². The smallest absolute Gasteiger partial charge is 0.161 e. The van der Waals surface area contributed by atoms with Crippen LogP contribution in [0.3, 0.4) is 0 Å². The normalized spacial score (nSPS) is 18.4. The molecule has 1 aliphatic rings. The number of hydrogen-bond donors (Lipinski definition) is 1. The molecule has 0 atom stereocenters. The fourth-order valence-corrected chi connectivity index (χ4v) is 2.74. The van der Waals surface area contributed by atoms with Gasteiger partial charge in [-0.3, -0.25) is 4.99 Å². The van der Waals surface area contributed by atoms with Crippen molar-refractivity contribution in [1.82, 2.24) is 0 Å². The molecular formula is C11H12Cl2N2S. The fourth-order valence-electron chi connectivity index (χ4n) is 1.36. The molecule has 0 aliphatic carbocycles. The molecule has 0 saturated carbocycles. The highest BCUT2D eigenvalue weighted by molar-refractivity contribution is 8.14. The first-order chi connectivity index (χ1) is 7.46. The minimum Gasteiger partial charge on any atom is -0.334 e. The summed E-state index contributed by atoms with van der Waals surface area (Å²) in [6.45, 7) is 4.21. The lowest BCUT2D eigenvalue weighted by Gasteiger charge is -2.09. The number of hydrogen-bond acceptors (Lipinski definition) is 3. The molecule has 0 spiro atoms. The highest BCUT2D eigenvalue weighted by Gasteiger charge is 2.25. The standard InChI is InChI=1S/C11H12Cl2N2S/c1-11(2)6-16-10(15-11)14-9-5-7(12)3-4-8(9)13/h3-5H,6H2,1-2H3,(H,14,15). The second-order valence-electron chi connectivity index (χ2n) is 4.27. The van der Waals surface area contributed by atoms with Crippen LogP contribution in [0.25, 0.3) is 0 Å². The molecule has 1 heterocycles. The number of aliphatic imine (C=N–C) groups is 1. The van der Waals surface area contributed by atoms with E-state index in [2.05, 4.69) is 24.2 Å². The zero-order chi connectivity index (χ0) is 11.8. The Morgan fingerprint density at radius 3 is 2.75 bits per heavy atom. The van der Waals surface area contributed by atoms with Crippen molar-refractivity contribution >= 4 is 45.8 Å². The van der Waals surface area contributed by atoms with Crippen molar-refractivity contribution in [3.05, 3.63) is 28.2 Å². The molecule has 0 bridgehead atoms. The van der Waals surface area contributed by atoms with Crippen LogP contribution in [-0.4, -0.2) is 16.5 Å². The number of nitrogens with one attached hydrogen (secondary N) is 1. The van der Waals surface area contributed by atoms with E-state index >= 15 is 0 Å². The van der Waals surface area contributed by atoms with Gasteiger partial charge >= 0.3 is 0 Å². The maximum absolute atomic E-state index is 6.06. The first kappa shape index (κ1) is 12.1. The van der Waals surface area contributed by atoms with E-state index in [0.29, 0.717) is 10.0 Å². The van der Waals surface area contributed by atoms with Gasteiger partial charge in [0.05, 0.1) is 16.2 Å². The van der Waals surface area contributed by atoms with E-state index in [-0.39, 0.29) is 5.54 Å². The van der Waals surface area contributed by atoms with Crippen LogP contribution in [0.4, 0.5) is 5.69 Å². The summed E-state index contributed by atoms with van der Waals surface area (Å²) in [6, 6.07) is 5.35. The highest BCUT2D eigenvalue weighted by atomic mass is 35.5. The zero-order valence-corrected chi connectivity index (χ0v) is 11.4. The number of anilines is 1. The molecule has 0 unspecified atom stereocenters. The van der Waals surface area contributed by atoms with Crippen molar-refractivity contribution in [2.75, 3.05) is 11.1 Å². The van der Waals surface area contributed by atoms with Gasteiger partial charge in [0, 0.05) is 10.8 Å². The minimum absolute atomic E-state index is 0.00193. The van der Waals surface area contributed by atoms with E-state index in [1.807, 2.05) is 0 Å². The number of benzene rings is 1. The Labute approximate surface area is 109 Å². The second-order valence-corrected chi connectivity index (χ2v) is 6.07. The summed E-state index contributed by atoms with van der Waals surface area (Å²) < 4.78 is 0. The van der Waals surface area contributed by atoms with Gasteiger partial charge in [-0.1, -0.05) is 35.0 Å². The molecule has 1 aliphatic heterocycles. The first-order valence-corrected chi connectivity index (χ1v) is 6.65. The Hall–Kier alpha value is -0.380. The Morgan fingerprint density at radius 1 is 1.38 bits per heavy atom. The predicted molar refractivity (Wildman–Crippen MR) is 74.1 cm³/mol. The van der Waals surface area contributed by atoms with Gasteiger partial charge in [-0.2, -0.15) is 0 Å². The van der Waals surface area contributed by atoms with Crippen LogP contribution in [-0.2, 0) is 0 Å². The maximum Gasteiger partial charge on any atom is 0.161 e. The average Bonchev–Trinajstić information content (AvgIpc) is 2.52. The van der Waals surface area contributed by atoms with Crippen molar-refractivity contribution in [2.45, 2.75) is 19.4 Å². The van der Waals surface area contributed by atoms with E-state index in [1.54, 1.807) is 30.0 Å². The van der Waals surface area contributed by atoms with Crippen LogP contribution in [0, 0.1) is 0 Å². The molecule has 0 aromatic heterocycles. The van der Waals surface area contributed by atoms with Gasteiger partial charge in [-0.15, -0.1) is 0 Å². The van der Waals surface area contributed by atoms with Crippen molar-refractivity contribution < 1.29 is 0 Å². The van der Waals surface area contributed by atoms with E-state index in [0.717, 1.165) is 16.6 Å². The molecule has 0 amide bonds. The Kier molecular flexibility index (Phi) is 3.38. The molecule has 0 saturated heterocycles. The third-order valence-electron chi connectivity index (χ3n) is 2.14. The van der Waals surface area contributed by atoms with Crippen molar-refractivity contribution in [3.63, 3.8) is 0 Å². The molecule has 1 aromatic rings. The summed E-state index contributed by atoms with van der Waals surface area (Å²) >= 11 is 13.7. The van der Waals surface area contributed by atoms with Gasteiger partial charge in [0.15, 0.2) is 5.17 Å². The summed E-state index contributed by atoms with van der Waals surface area (Å²) in [5.74, 6) is 0.980. The first-order valence-electron chi connectivity index (χ1n) is 4.91. The number of halogens is 2. The van der Waals surface area contributed by atoms with Crippen LogP contribution in [0.1, 0.15) is 13.8 Å². The second kappa shape index (κ2) is 4.47. The van der Waals surface area contributed by atoms with Gasteiger partial charge in [0.2, 0.25) is 0 Å². The maximum atomic E-state index is 6.06. The summed E-state index contributed by atoms with van der Waals surface area (Å²) in [5.41, 5.74) is 0.802. The minimum atomic E-state index is -0.00193. The molecule has 0 radical (unpaired) electrons. The lowest BCUT2D eigenvalue weighted by molar-refractivity contribution is 0.605. The van der Waals surface area contributed by atoms with Crippen LogP contribution in [0.2, 0.25) is 10.0 Å². The van der Waals surface area contributed by atoms with E-state index in [9.17, 15) is 0 Å². The number of thioether (sulfide) groups is 1. The van der Waals surface area contributed by atoms with Gasteiger partial charge in [0.1, 0.15) is 0 Å². The molecule has 16 heavy (non-hydrogen) atoms. The number of rotatable bonds is 1. The third-order valence-corrected chi connectivity index (χ3v) is 4.02. The summed E-state index contributed by atoms with van der Waals surface area (Å²) in [7, 11) is 0. The van der Waals surface area contributed by atoms with E-state index in [4.69, 9.17) is 23.2 Å². The molecule has 5 heteroatoms. The van der Waals surface area contributed by atoms with Crippen LogP contribution < -0.4 is 5.32 Å². The fraction of sp³-hybridized carbons (Fsp3) is 0.364.